The Balaban J connectivity index is 1.34. The summed E-state index contributed by atoms with van der Waals surface area (Å²) in [5, 5.41) is 9.43. The molecule has 8 nitrogen and oxygen atoms in total. The molecule has 11 heteroatoms. The van der Waals surface area contributed by atoms with Gasteiger partial charge >= 0.3 is 6.18 Å². The summed E-state index contributed by atoms with van der Waals surface area (Å²) in [5.74, 6) is -1.12. The molecule has 0 unspecified atom stereocenters. The molecular formula is C29H26F3N5O3. The molecule has 2 amide bonds. The SMILES string of the molecule is Cc1ccc(NC(=O)c2cc(N3CCCC3)cc(C(F)(F)F)c2)cc1-c1cc(C(=O)NCc2cccnc2)on1. The topological polar surface area (TPSA) is 100 Å². The molecule has 3 heterocycles. The Hall–Kier alpha value is -4.67. The van der Waals surface area contributed by atoms with Crippen LogP contribution in [0.2, 0.25) is 0 Å². The number of carbonyl (C=O) groups is 2. The molecule has 0 aliphatic carbocycles. The van der Waals surface area contributed by atoms with E-state index in [0.717, 1.165) is 36.1 Å². The van der Waals surface area contributed by atoms with Gasteiger partial charge in [0.05, 0.1) is 5.56 Å². The fourth-order valence-electron chi connectivity index (χ4n) is 4.52. The Labute approximate surface area is 228 Å². The third-order valence-corrected chi connectivity index (χ3v) is 6.66. The van der Waals surface area contributed by atoms with Crippen LogP contribution in [0.5, 0.6) is 0 Å². The standard InChI is InChI=1S/C29H26F3N5O3/c1-18-6-7-22(14-24(18)25-15-26(40-36-25)28(39)34-17-19-5-4-8-33-16-19)35-27(38)20-11-21(29(30,31)32)13-23(12-20)37-9-2-3-10-37/h4-8,11-16H,2-3,9-10,17H2,1H3,(H,34,39)(H,35,38). The minimum Gasteiger partial charge on any atom is -0.372 e. The highest BCUT2D eigenvalue weighted by molar-refractivity contribution is 6.05. The highest BCUT2D eigenvalue weighted by Gasteiger charge is 2.32. The first-order valence-electron chi connectivity index (χ1n) is 12.7. The van der Waals surface area contributed by atoms with Crippen molar-refractivity contribution < 1.29 is 27.3 Å². The maximum Gasteiger partial charge on any atom is 0.416 e. The molecule has 0 saturated carbocycles. The Morgan fingerprint density at radius 3 is 2.55 bits per heavy atom. The van der Waals surface area contributed by atoms with Crippen LogP contribution in [0.1, 0.15) is 50.4 Å². The second-order valence-corrected chi connectivity index (χ2v) is 9.56. The van der Waals surface area contributed by atoms with Crippen molar-refractivity contribution in [2.45, 2.75) is 32.5 Å². The highest BCUT2D eigenvalue weighted by atomic mass is 19.4. The zero-order valence-corrected chi connectivity index (χ0v) is 21.6. The van der Waals surface area contributed by atoms with Gasteiger partial charge in [-0.25, -0.2) is 0 Å². The van der Waals surface area contributed by atoms with Gasteiger partial charge in [-0.3, -0.25) is 14.6 Å². The Morgan fingerprint density at radius 2 is 1.82 bits per heavy atom. The van der Waals surface area contributed by atoms with Crippen molar-refractivity contribution in [1.29, 1.82) is 0 Å². The van der Waals surface area contributed by atoms with E-state index < -0.39 is 23.6 Å². The predicted octanol–water partition coefficient (Wildman–Crippen LogP) is 5.85. The first-order chi connectivity index (χ1) is 19.2. The molecule has 40 heavy (non-hydrogen) atoms. The number of aryl methyl sites for hydroxylation is 1. The van der Waals surface area contributed by atoms with Crippen LogP contribution in [0.15, 0.2) is 71.5 Å². The largest absolute Gasteiger partial charge is 0.416 e. The number of hydrogen-bond acceptors (Lipinski definition) is 6. The molecular weight excluding hydrogens is 523 g/mol. The minimum atomic E-state index is -4.59. The third-order valence-electron chi connectivity index (χ3n) is 6.66. The van der Waals surface area contributed by atoms with Crippen LogP contribution in [0.3, 0.4) is 0 Å². The molecule has 0 radical (unpaired) electrons. The van der Waals surface area contributed by atoms with Crippen LogP contribution >= 0.6 is 0 Å². The highest BCUT2D eigenvalue weighted by Crippen LogP contribution is 2.34. The van der Waals surface area contributed by atoms with Crippen LogP contribution in [-0.4, -0.2) is 35.0 Å². The lowest BCUT2D eigenvalue weighted by Gasteiger charge is -2.20. The maximum atomic E-state index is 13.6. The van der Waals surface area contributed by atoms with Gasteiger partial charge in [0.1, 0.15) is 5.69 Å². The van der Waals surface area contributed by atoms with Crippen molar-refractivity contribution in [1.82, 2.24) is 15.5 Å². The molecule has 2 aromatic carbocycles. The van der Waals surface area contributed by atoms with E-state index in [9.17, 15) is 22.8 Å². The number of nitrogens with one attached hydrogen (secondary N) is 2. The predicted molar refractivity (Wildman–Crippen MR) is 143 cm³/mol. The van der Waals surface area contributed by atoms with E-state index in [4.69, 9.17) is 4.52 Å². The number of anilines is 2. The Bertz CT molecular complexity index is 1530. The van der Waals surface area contributed by atoms with Crippen molar-refractivity contribution in [3.8, 4) is 11.3 Å². The molecule has 1 saturated heterocycles. The summed E-state index contributed by atoms with van der Waals surface area (Å²) < 4.78 is 46.1. The van der Waals surface area contributed by atoms with E-state index in [2.05, 4.69) is 20.8 Å². The van der Waals surface area contributed by atoms with Gasteiger partial charge in [0, 0.05) is 60.6 Å². The van der Waals surface area contributed by atoms with Gasteiger partial charge in [-0.15, -0.1) is 0 Å². The zero-order valence-electron chi connectivity index (χ0n) is 21.6. The molecule has 5 rings (SSSR count). The van der Waals surface area contributed by atoms with Crippen LogP contribution < -0.4 is 15.5 Å². The molecule has 1 fully saturated rings. The number of nitrogens with zero attached hydrogens (tertiary/aromatic N) is 3. The Kier molecular flexibility index (Phi) is 7.54. The fraction of sp³-hybridized carbons (Fsp3) is 0.241. The fourth-order valence-corrected chi connectivity index (χ4v) is 4.52. The van der Waals surface area contributed by atoms with Gasteiger partial charge in [-0.1, -0.05) is 17.3 Å². The number of aromatic nitrogens is 2. The van der Waals surface area contributed by atoms with Crippen LogP contribution in [0, 0.1) is 6.92 Å². The summed E-state index contributed by atoms with van der Waals surface area (Å²) in [6.45, 7) is 3.38. The normalized spacial score (nSPS) is 13.3. The second kappa shape index (κ2) is 11.2. The van der Waals surface area contributed by atoms with Crippen molar-refractivity contribution in [2.24, 2.45) is 0 Å². The number of rotatable bonds is 7. The molecule has 1 aliphatic heterocycles. The van der Waals surface area contributed by atoms with Gasteiger partial charge in [0.25, 0.3) is 11.8 Å². The summed E-state index contributed by atoms with van der Waals surface area (Å²) >= 11 is 0. The first kappa shape index (κ1) is 26.9. The van der Waals surface area contributed by atoms with Gasteiger partial charge < -0.3 is 20.1 Å². The molecule has 0 spiro atoms. The number of halogens is 3. The van der Waals surface area contributed by atoms with E-state index in [1.54, 1.807) is 36.7 Å². The summed E-state index contributed by atoms with van der Waals surface area (Å²) in [7, 11) is 0. The monoisotopic (exact) mass is 549 g/mol. The average molecular weight is 550 g/mol. The van der Waals surface area contributed by atoms with Crippen LogP contribution in [0.25, 0.3) is 11.3 Å². The molecule has 0 bridgehead atoms. The smallest absolute Gasteiger partial charge is 0.372 e. The van der Waals surface area contributed by atoms with E-state index in [1.165, 1.54) is 12.1 Å². The lowest BCUT2D eigenvalue weighted by Crippen LogP contribution is -2.22. The number of amides is 2. The van der Waals surface area contributed by atoms with Gasteiger partial charge in [0.15, 0.2) is 0 Å². The quantitative estimate of drug-likeness (QED) is 0.300. The molecule has 206 valence electrons. The third kappa shape index (κ3) is 6.14. The minimum absolute atomic E-state index is 0.00568. The van der Waals surface area contributed by atoms with Gasteiger partial charge in [0.2, 0.25) is 5.76 Å². The average Bonchev–Trinajstić information content (AvgIpc) is 3.66. The second-order valence-electron chi connectivity index (χ2n) is 9.56. The number of hydrogen-bond donors (Lipinski definition) is 2. The lowest BCUT2D eigenvalue weighted by molar-refractivity contribution is -0.137. The number of pyridine rings is 1. The van der Waals surface area contributed by atoms with Crippen LogP contribution in [0.4, 0.5) is 24.5 Å². The number of alkyl halides is 3. The van der Waals surface area contributed by atoms with Crippen molar-refractivity contribution in [3.63, 3.8) is 0 Å². The molecule has 2 N–H and O–H groups in total. The zero-order chi connectivity index (χ0) is 28.3. The van der Waals surface area contributed by atoms with E-state index in [-0.39, 0.29) is 17.9 Å². The van der Waals surface area contributed by atoms with Crippen molar-refractivity contribution in [2.75, 3.05) is 23.3 Å². The van der Waals surface area contributed by atoms with E-state index >= 15 is 0 Å². The summed E-state index contributed by atoms with van der Waals surface area (Å²) in [5.41, 5.74) is 2.35. The molecule has 4 aromatic rings. The van der Waals surface area contributed by atoms with Crippen molar-refractivity contribution in [3.05, 3.63) is 95.0 Å². The van der Waals surface area contributed by atoms with E-state index in [0.29, 0.717) is 35.7 Å². The lowest BCUT2D eigenvalue weighted by atomic mass is 10.0. The van der Waals surface area contributed by atoms with Gasteiger partial charge in [-0.2, -0.15) is 13.2 Å². The van der Waals surface area contributed by atoms with Crippen molar-refractivity contribution >= 4 is 23.2 Å². The van der Waals surface area contributed by atoms with E-state index in [1.807, 2.05) is 17.9 Å². The van der Waals surface area contributed by atoms with Gasteiger partial charge in [-0.05, 0) is 67.3 Å². The molecule has 1 aliphatic rings. The number of benzene rings is 2. The summed E-state index contributed by atoms with van der Waals surface area (Å²) in [4.78, 5) is 31.5. The first-order valence-corrected chi connectivity index (χ1v) is 12.7. The molecule has 0 atom stereocenters. The summed E-state index contributed by atoms with van der Waals surface area (Å²) in [6.07, 6.45) is 0.469. The maximum absolute atomic E-state index is 13.6. The molecule has 2 aromatic heterocycles. The Morgan fingerprint density at radius 1 is 1.02 bits per heavy atom. The van der Waals surface area contributed by atoms with Crippen LogP contribution in [-0.2, 0) is 12.7 Å². The number of carbonyl (C=O) groups excluding carboxylic acids is 2. The summed E-state index contributed by atoms with van der Waals surface area (Å²) in [6, 6.07) is 13.5.